The lowest BCUT2D eigenvalue weighted by molar-refractivity contribution is 0.432. The van der Waals surface area contributed by atoms with Gasteiger partial charge in [0, 0.05) is 6.07 Å². The fourth-order valence-electron chi connectivity index (χ4n) is 0.487. The Hall–Kier alpha value is -0.960. The zero-order valence-electron chi connectivity index (χ0n) is 4.29. The number of aromatic hydroxyl groups is 1. The number of furan rings is 1. The van der Waals surface area contributed by atoms with E-state index in [1.165, 1.54) is 12.3 Å². The van der Waals surface area contributed by atoms with Gasteiger partial charge in [-0.1, -0.05) is 0 Å². The van der Waals surface area contributed by atoms with Gasteiger partial charge in [-0.3, -0.25) is 0 Å². The van der Waals surface area contributed by atoms with Gasteiger partial charge in [0.1, 0.15) is 0 Å². The molecule has 0 aliphatic rings. The van der Waals surface area contributed by atoms with E-state index in [2.05, 4.69) is 0 Å². The van der Waals surface area contributed by atoms with Crippen LogP contribution in [0.1, 0.15) is 5.76 Å². The van der Waals surface area contributed by atoms with Crippen LogP contribution in [-0.4, -0.2) is 5.11 Å². The van der Waals surface area contributed by atoms with E-state index in [0.717, 1.165) is 0 Å². The van der Waals surface area contributed by atoms with Crippen LogP contribution in [0.4, 0.5) is 0 Å². The molecule has 0 spiro atoms. The van der Waals surface area contributed by atoms with Crippen molar-refractivity contribution >= 4 is 0 Å². The highest BCUT2D eigenvalue weighted by Gasteiger charge is 1.98. The minimum atomic E-state index is 0.132. The molecule has 3 N–H and O–H groups in total. The molecule has 0 atom stereocenters. The molecule has 1 rings (SSSR count). The first-order valence-corrected chi connectivity index (χ1v) is 2.30. The van der Waals surface area contributed by atoms with Crippen molar-refractivity contribution in [1.82, 2.24) is 0 Å². The van der Waals surface area contributed by atoms with Crippen molar-refractivity contribution in [2.45, 2.75) is 6.54 Å². The van der Waals surface area contributed by atoms with Crippen LogP contribution in [0.2, 0.25) is 0 Å². The summed E-state index contributed by atoms with van der Waals surface area (Å²) in [5, 5.41) is 8.78. The van der Waals surface area contributed by atoms with Gasteiger partial charge >= 0.3 is 0 Å². The summed E-state index contributed by atoms with van der Waals surface area (Å²) >= 11 is 0. The van der Waals surface area contributed by atoms with Gasteiger partial charge in [0.15, 0.2) is 11.5 Å². The second-order valence-electron chi connectivity index (χ2n) is 1.43. The van der Waals surface area contributed by atoms with Gasteiger partial charge in [-0.2, -0.15) is 0 Å². The first-order valence-electron chi connectivity index (χ1n) is 2.30. The highest BCUT2D eigenvalue weighted by Crippen LogP contribution is 2.15. The largest absolute Gasteiger partial charge is 0.504 e. The van der Waals surface area contributed by atoms with Crippen molar-refractivity contribution in [3.8, 4) is 5.75 Å². The van der Waals surface area contributed by atoms with Crippen molar-refractivity contribution in [3.63, 3.8) is 0 Å². The van der Waals surface area contributed by atoms with Crippen molar-refractivity contribution < 1.29 is 9.52 Å². The zero-order chi connectivity index (χ0) is 5.98. The zero-order valence-corrected chi connectivity index (χ0v) is 4.29. The minimum absolute atomic E-state index is 0.132. The number of hydrogen-bond acceptors (Lipinski definition) is 3. The lowest BCUT2D eigenvalue weighted by Crippen LogP contribution is -1.93. The number of nitrogens with two attached hydrogens (primary N) is 1. The van der Waals surface area contributed by atoms with E-state index >= 15 is 0 Å². The van der Waals surface area contributed by atoms with Gasteiger partial charge in [0.05, 0.1) is 12.8 Å². The molecular weight excluding hydrogens is 106 g/mol. The molecule has 0 radical (unpaired) electrons. The molecule has 0 aromatic carbocycles. The van der Waals surface area contributed by atoms with Gasteiger partial charge in [0.25, 0.3) is 0 Å². The van der Waals surface area contributed by atoms with E-state index in [1.807, 2.05) is 0 Å². The maximum Gasteiger partial charge on any atom is 0.158 e. The monoisotopic (exact) mass is 113 g/mol. The Bertz CT molecular complexity index is 171. The summed E-state index contributed by atoms with van der Waals surface area (Å²) in [5.41, 5.74) is 5.14. The molecule has 1 aromatic heterocycles. The molecule has 1 heterocycles. The van der Waals surface area contributed by atoms with E-state index in [-0.39, 0.29) is 12.3 Å². The highest BCUT2D eigenvalue weighted by atomic mass is 16.4. The minimum Gasteiger partial charge on any atom is -0.504 e. The number of rotatable bonds is 1. The highest BCUT2D eigenvalue weighted by molar-refractivity contribution is 5.21. The average Bonchev–Trinajstić information content (AvgIpc) is 2.14. The lowest BCUT2D eigenvalue weighted by atomic mass is 10.4. The summed E-state index contributed by atoms with van der Waals surface area (Å²) in [7, 11) is 0. The average molecular weight is 113 g/mol. The molecule has 0 saturated carbocycles. The fraction of sp³-hybridized carbons (Fsp3) is 0.200. The Morgan fingerprint density at radius 2 is 2.50 bits per heavy atom. The van der Waals surface area contributed by atoms with E-state index < -0.39 is 0 Å². The van der Waals surface area contributed by atoms with E-state index in [0.29, 0.717) is 5.76 Å². The second-order valence-corrected chi connectivity index (χ2v) is 1.43. The van der Waals surface area contributed by atoms with Crippen molar-refractivity contribution in [2.24, 2.45) is 5.73 Å². The Balaban J connectivity index is 2.92. The van der Waals surface area contributed by atoms with Crippen LogP contribution in [0.15, 0.2) is 16.7 Å². The first-order chi connectivity index (χ1) is 3.84. The Labute approximate surface area is 46.7 Å². The summed E-state index contributed by atoms with van der Waals surface area (Å²) in [6, 6.07) is 1.46. The summed E-state index contributed by atoms with van der Waals surface area (Å²) in [4.78, 5) is 0. The lowest BCUT2D eigenvalue weighted by Gasteiger charge is -1.86. The van der Waals surface area contributed by atoms with Crippen LogP contribution >= 0.6 is 0 Å². The maximum absolute atomic E-state index is 8.78. The van der Waals surface area contributed by atoms with E-state index in [1.54, 1.807) is 0 Å². The van der Waals surface area contributed by atoms with Crippen molar-refractivity contribution in [1.29, 1.82) is 0 Å². The fourth-order valence-corrected chi connectivity index (χ4v) is 0.487. The number of hydrogen-bond donors (Lipinski definition) is 2. The SMILES string of the molecule is NCc1occc1O. The molecule has 8 heavy (non-hydrogen) atoms. The van der Waals surface area contributed by atoms with Crippen LogP contribution < -0.4 is 5.73 Å². The molecule has 0 amide bonds. The third-order valence-electron chi connectivity index (χ3n) is 0.907. The predicted molar refractivity (Wildman–Crippen MR) is 28.3 cm³/mol. The van der Waals surface area contributed by atoms with Gasteiger partial charge < -0.3 is 15.3 Å². The van der Waals surface area contributed by atoms with Crippen LogP contribution in [0.25, 0.3) is 0 Å². The molecule has 0 bridgehead atoms. The summed E-state index contributed by atoms with van der Waals surface area (Å²) < 4.78 is 4.74. The molecule has 1 aromatic rings. The normalized spacial score (nSPS) is 9.62. The third-order valence-corrected chi connectivity index (χ3v) is 0.907. The Morgan fingerprint density at radius 1 is 1.75 bits per heavy atom. The molecule has 3 nitrogen and oxygen atoms in total. The van der Waals surface area contributed by atoms with Crippen LogP contribution in [-0.2, 0) is 6.54 Å². The van der Waals surface area contributed by atoms with Crippen molar-refractivity contribution in [2.75, 3.05) is 0 Å². The standard InChI is InChI=1S/C5H7NO2/c6-3-5-4(7)1-2-8-5/h1-2,7H,3,6H2. The van der Waals surface area contributed by atoms with E-state index in [4.69, 9.17) is 15.3 Å². The quantitative estimate of drug-likeness (QED) is 0.555. The first kappa shape index (κ1) is 5.18. The smallest absolute Gasteiger partial charge is 0.158 e. The molecule has 0 aliphatic carbocycles. The van der Waals surface area contributed by atoms with Crippen molar-refractivity contribution in [3.05, 3.63) is 18.1 Å². The summed E-state index contributed by atoms with van der Waals surface area (Å²) in [6.45, 7) is 0.249. The molecule has 0 saturated heterocycles. The van der Waals surface area contributed by atoms with Gasteiger partial charge in [-0.05, 0) is 0 Å². The molecule has 0 fully saturated rings. The summed E-state index contributed by atoms with van der Waals surface area (Å²) in [5.74, 6) is 0.567. The molecule has 3 heteroatoms. The van der Waals surface area contributed by atoms with Gasteiger partial charge in [-0.15, -0.1) is 0 Å². The predicted octanol–water partition coefficient (Wildman–Crippen LogP) is 0.444. The maximum atomic E-state index is 8.78. The van der Waals surface area contributed by atoms with Crippen LogP contribution in [0, 0.1) is 0 Å². The third kappa shape index (κ3) is 0.675. The topological polar surface area (TPSA) is 59.4 Å². The second kappa shape index (κ2) is 1.88. The van der Waals surface area contributed by atoms with Crippen LogP contribution in [0.5, 0.6) is 5.75 Å². The Kier molecular flexibility index (Phi) is 1.22. The molecule has 44 valence electrons. The van der Waals surface area contributed by atoms with Gasteiger partial charge in [-0.25, -0.2) is 0 Å². The molecule has 0 unspecified atom stereocenters. The van der Waals surface area contributed by atoms with Gasteiger partial charge in [0.2, 0.25) is 0 Å². The summed E-state index contributed by atoms with van der Waals surface area (Å²) in [6.07, 6.45) is 1.40. The molecule has 0 aliphatic heterocycles. The molecular formula is C5H7NO2. The van der Waals surface area contributed by atoms with E-state index in [9.17, 15) is 0 Å². The Morgan fingerprint density at radius 3 is 2.75 bits per heavy atom. The van der Waals surface area contributed by atoms with Crippen LogP contribution in [0.3, 0.4) is 0 Å².